The van der Waals surface area contributed by atoms with Crippen LogP contribution in [0.4, 0.5) is 4.79 Å². The van der Waals surface area contributed by atoms with E-state index in [0.29, 0.717) is 13.1 Å². The van der Waals surface area contributed by atoms with Gasteiger partial charge < -0.3 is 10.4 Å². The van der Waals surface area contributed by atoms with Crippen molar-refractivity contribution in [3.63, 3.8) is 0 Å². The van der Waals surface area contributed by atoms with Gasteiger partial charge in [-0.2, -0.15) is 0 Å². The molecule has 1 aliphatic heterocycles. The first-order chi connectivity index (χ1) is 7.16. The van der Waals surface area contributed by atoms with Crippen LogP contribution in [0.5, 0.6) is 0 Å². The summed E-state index contributed by atoms with van der Waals surface area (Å²) in [4.78, 5) is 23.2. The SMILES string of the molecule is CCCCCCN(C(=O)O)[C@H]1CNC1=O. The number of nitrogens with zero attached hydrogens (tertiary/aromatic N) is 1. The van der Waals surface area contributed by atoms with E-state index in [9.17, 15) is 9.59 Å². The van der Waals surface area contributed by atoms with E-state index < -0.39 is 12.1 Å². The van der Waals surface area contributed by atoms with E-state index in [-0.39, 0.29) is 5.91 Å². The summed E-state index contributed by atoms with van der Waals surface area (Å²) in [7, 11) is 0. The van der Waals surface area contributed by atoms with Crippen molar-refractivity contribution >= 4 is 12.0 Å². The molecule has 1 aliphatic rings. The maximum absolute atomic E-state index is 11.0. The first-order valence-electron chi connectivity index (χ1n) is 5.44. The molecule has 0 saturated carbocycles. The normalized spacial score (nSPS) is 19.3. The first-order valence-corrected chi connectivity index (χ1v) is 5.44. The molecule has 5 heteroatoms. The minimum Gasteiger partial charge on any atom is -0.465 e. The Morgan fingerprint density at radius 1 is 1.53 bits per heavy atom. The maximum atomic E-state index is 11.0. The zero-order chi connectivity index (χ0) is 11.3. The third kappa shape index (κ3) is 3.11. The molecular weight excluding hydrogens is 196 g/mol. The Balaban J connectivity index is 2.31. The molecule has 0 spiro atoms. The molecule has 0 aliphatic carbocycles. The highest BCUT2D eigenvalue weighted by Gasteiger charge is 2.35. The lowest BCUT2D eigenvalue weighted by molar-refractivity contribution is -0.132. The van der Waals surface area contributed by atoms with Gasteiger partial charge in [-0.25, -0.2) is 4.79 Å². The molecule has 86 valence electrons. The quantitative estimate of drug-likeness (QED) is 0.513. The third-order valence-electron chi connectivity index (χ3n) is 2.65. The highest BCUT2D eigenvalue weighted by atomic mass is 16.4. The highest BCUT2D eigenvalue weighted by Crippen LogP contribution is 2.09. The molecule has 0 radical (unpaired) electrons. The molecule has 5 nitrogen and oxygen atoms in total. The van der Waals surface area contributed by atoms with Gasteiger partial charge in [0, 0.05) is 13.1 Å². The summed E-state index contributed by atoms with van der Waals surface area (Å²) >= 11 is 0. The van der Waals surface area contributed by atoms with Gasteiger partial charge in [-0.1, -0.05) is 26.2 Å². The van der Waals surface area contributed by atoms with Crippen LogP contribution in [0.2, 0.25) is 0 Å². The second kappa shape index (κ2) is 5.58. The van der Waals surface area contributed by atoms with Gasteiger partial charge in [-0.15, -0.1) is 0 Å². The summed E-state index contributed by atoms with van der Waals surface area (Å²) in [5.74, 6) is -0.173. The number of amides is 2. The summed E-state index contributed by atoms with van der Waals surface area (Å²) in [6.07, 6.45) is 3.10. The van der Waals surface area contributed by atoms with Crippen LogP contribution in [0, 0.1) is 0 Å². The Kier molecular flexibility index (Phi) is 4.39. The summed E-state index contributed by atoms with van der Waals surface area (Å²) in [5, 5.41) is 11.5. The highest BCUT2D eigenvalue weighted by molar-refractivity contribution is 5.90. The summed E-state index contributed by atoms with van der Waals surface area (Å²) in [6.45, 7) is 3.03. The molecule has 1 rings (SSSR count). The van der Waals surface area contributed by atoms with Crippen LogP contribution in [0.3, 0.4) is 0 Å². The van der Waals surface area contributed by atoms with Gasteiger partial charge in [0.1, 0.15) is 6.04 Å². The summed E-state index contributed by atoms with van der Waals surface area (Å²) in [5.41, 5.74) is 0. The van der Waals surface area contributed by atoms with Crippen LogP contribution in [-0.2, 0) is 4.79 Å². The Morgan fingerprint density at radius 3 is 2.67 bits per heavy atom. The number of carbonyl (C=O) groups is 2. The average Bonchev–Trinajstić information content (AvgIpc) is 2.19. The van der Waals surface area contributed by atoms with Crippen molar-refractivity contribution in [3.05, 3.63) is 0 Å². The number of β-lactam (4-membered cyclic amide) rings is 1. The molecule has 2 N–H and O–H groups in total. The molecule has 1 atom stereocenters. The molecule has 0 bridgehead atoms. The molecule has 0 unspecified atom stereocenters. The van der Waals surface area contributed by atoms with E-state index in [2.05, 4.69) is 12.2 Å². The fraction of sp³-hybridized carbons (Fsp3) is 0.800. The van der Waals surface area contributed by atoms with Crippen LogP contribution in [0.25, 0.3) is 0 Å². The van der Waals surface area contributed by atoms with Gasteiger partial charge in [-0.3, -0.25) is 9.69 Å². The van der Waals surface area contributed by atoms with Gasteiger partial charge in [-0.05, 0) is 6.42 Å². The van der Waals surface area contributed by atoms with Crippen LogP contribution < -0.4 is 5.32 Å². The average molecular weight is 214 g/mol. The van der Waals surface area contributed by atoms with E-state index in [1.54, 1.807) is 0 Å². The zero-order valence-electron chi connectivity index (χ0n) is 9.03. The monoisotopic (exact) mass is 214 g/mol. The van der Waals surface area contributed by atoms with Crippen molar-refractivity contribution in [2.75, 3.05) is 13.1 Å². The number of hydrogen-bond donors (Lipinski definition) is 2. The number of hydrogen-bond acceptors (Lipinski definition) is 2. The Morgan fingerprint density at radius 2 is 2.27 bits per heavy atom. The molecule has 0 aromatic heterocycles. The minimum atomic E-state index is -0.994. The van der Waals surface area contributed by atoms with E-state index in [0.717, 1.165) is 25.7 Å². The van der Waals surface area contributed by atoms with Crippen molar-refractivity contribution in [2.45, 2.75) is 38.6 Å². The molecular formula is C10H18N2O3. The summed E-state index contributed by atoms with van der Waals surface area (Å²) in [6, 6.07) is -0.455. The second-order valence-electron chi connectivity index (χ2n) is 3.80. The Labute approximate surface area is 89.4 Å². The number of rotatable bonds is 6. The van der Waals surface area contributed by atoms with Crippen molar-refractivity contribution in [3.8, 4) is 0 Å². The molecule has 0 aromatic rings. The number of carboxylic acid groups (broad SMARTS) is 1. The van der Waals surface area contributed by atoms with E-state index >= 15 is 0 Å². The zero-order valence-corrected chi connectivity index (χ0v) is 9.03. The lowest BCUT2D eigenvalue weighted by Gasteiger charge is -2.34. The van der Waals surface area contributed by atoms with Gasteiger partial charge in [0.2, 0.25) is 5.91 Å². The lowest BCUT2D eigenvalue weighted by atomic mass is 10.1. The van der Waals surface area contributed by atoms with Crippen LogP contribution in [0.15, 0.2) is 0 Å². The fourth-order valence-corrected chi connectivity index (χ4v) is 1.62. The fourth-order valence-electron chi connectivity index (χ4n) is 1.62. The van der Waals surface area contributed by atoms with E-state index in [1.807, 2.05) is 0 Å². The number of carbonyl (C=O) groups excluding carboxylic acids is 1. The Bertz CT molecular complexity index is 243. The standard InChI is InChI=1S/C10H18N2O3/c1-2-3-4-5-6-12(10(14)15)8-7-11-9(8)13/h8H,2-7H2,1H3,(H,11,13)(H,14,15)/t8-/m0/s1. The lowest BCUT2D eigenvalue weighted by Crippen LogP contribution is -2.63. The van der Waals surface area contributed by atoms with Gasteiger partial charge >= 0.3 is 6.09 Å². The first kappa shape index (κ1) is 11.8. The van der Waals surface area contributed by atoms with Crippen LogP contribution in [-0.4, -0.2) is 41.1 Å². The predicted molar refractivity (Wildman–Crippen MR) is 55.7 cm³/mol. The predicted octanol–water partition coefficient (Wildman–Crippen LogP) is 1.05. The molecule has 15 heavy (non-hydrogen) atoms. The number of unbranched alkanes of at least 4 members (excludes halogenated alkanes) is 3. The van der Waals surface area contributed by atoms with Gasteiger partial charge in [0.25, 0.3) is 0 Å². The topological polar surface area (TPSA) is 69.6 Å². The van der Waals surface area contributed by atoms with Gasteiger partial charge in [0.15, 0.2) is 0 Å². The third-order valence-corrected chi connectivity index (χ3v) is 2.65. The molecule has 1 saturated heterocycles. The minimum absolute atomic E-state index is 0.173. The molecule has 2 amide bonds. The Hall–Kier alpha value is -1.26. The van der Waals surface area contributed by atoms with Crippen LogP contribution >= 0.6 is 0 Å². The van der Waals surface area contributed by atoms with Crippen LogP contribution in [0.1, 0.15) is 32.6 Å². The van der Waals surface area contributed by atoms with Crippen molar-refractivity contribution in [1.82, 2.24) is 10.2 Å². The van der Waals surface area contributed by atoms with Crippen molar-refractivity contribution < 1.29 is 14.7 Å². The number of nitrogens with one attached hydrogen (secondary N) is 1. The van der Waals surface area contributed by atoms with Gasteiger partial charge in [0.05, 0.1) is 0 Å². The second-order valence-corrected chi connectivity index (χ2v) is 3.80. The van der Waals surface area contributed by atoms with Crippen molar-refractivity contribution in [1.29, 1.82) is 0 Å². The van der Waals surface area contributed by atoms with Crippen molar-refractivity contribution in [2.24, 2.45) is 0 Å². The summed E-state index contributed by atoms with van der Waals surface area (Å²) < 4.78 is 0. The maximum Gasteiger partial charge on any atom is 0.408 e. The van der Waals surface area contributed by atoms with E-state index in [1.165, 1.54) is 4.90 Å². The molecule has 1 heterocycles. The smallest absolute Gasteiger partial charge is 0.408 e. The molecule has 1 fully saturated rings. The largest absolute Gasteiger partial charge is 0.465 e. The molecule has 0 aromatic carbocycles. The van der Waals surface area contributed by atoms with E-state index in [4.69, 9.17) is 5.11 Å².